The smallest absolute Gasteiger partial charge is 0.111 e. The fourth-order valence-electron chi connectivity index (χ4n) is 1.63. The van der Waals surface area contributed by atoms with E-state index in [0.29, 0.717) is 0 Å². The van der Waals surface area contributed by atoms with Crippen LogP contribution in [-0.4, -0.2) is 22.7 Å². The van der Waals surface area contributed by atoms with Crippen LogP contribution in [0.5, 0.6) is 0 Å². The summed E-state index contributed by atoms with van der Waals surface area (Å²) in [6.07, 6.45) is 0. The molecule has 16 heavy (non-hydrogen) atoms. The molecule has 86 valence electrons. The van der Waals surface area contributed by atoms with Gasteiger partial charge in [-0.05, 0) is 26.0 Å². The zero-order valence-corrected chi connectivity index (χ0v) is 10.3. The van der Waals surface area contributed by atoms with Crippen molar-refractivity contribution < 1.29 is 5.11 Å². The lowest BCUT2D eigenvalue weighted by Crippen LogP contribution is -2.31. The molecule has 0 aliphatic heterocycles. The zero-order valence-electron chi connectivity index (χ0n) is 9.47. The normalized spacial score (nSPS) is 15.2. The number of fused-ring (bicyclic) bond motifs is 1. The van der Waals surface area contributed by atoms with E-state index in [-0.39, 0.29) is 18.7 Å². The van der Waals surface area contributed by atoms with E-state index in [2.05, 4.69) is 23.3 Å². The Hall–Kier alpha value is -0.970. The fraction of sp³-hybridized carbons (Fsp3) is 0.417. The first-order chi connectivity index (χ1) is 7.70. The molecule has 0 amide bonds. The minimum Gasteiger partial charge on any atom is -0.395 e. The Balaban J connectivity index is 2.19. The molecule has 2 N–H and O–H groups in total. The molecule has 0 saturated heterocycles. The molecule has 1 heterocycles. The van der Waals surface area contributed by atoms with Crippen LogP contribution < -0.4 is 5.32 Å². The number of benzene rings is 1. The molecule has 4 heteroatoms. The van der Waals surface area contributed by atoms with Gasteiger partial charge in [0.05, 0.1) is 22.9 Å². The van der Waals surface area contributed by atoms with Crippen molar-refractivity contribution in [2.45, 2.75) is 25.9 Å². The number of rotatable bonds is 4. The second-order valence-corrected chi connectivity index (χ2v) is 5.05. The molecule has 0 radical (unpaired) electrons. The van der Waals surface area contributed by atoms with Gasteiger partial charge in [-0.1, -0.05) is 12.1 Å². The number of aromatic nitrogens is 1. The number of thiazole rings is 1. The molecule has 1 unspecified atom stereocenters. The van der Waals surface area contributed by atoms with Crippen molar-refractivity contribution in [3.05, 3.63) is 29.3 Å². The zero-order chi connectivity index (χ0) is 11.5. The minimum atomic E-state index is 0.0991. The van der Waals surface area contributed by atoms with Gasteiger partial charge in [-0.3, -0.25) is 0 Å². The number of hydrogen-bond acceptors (Lipinski definition) is 4. The molecule has 0 aliphatic carbocycles. The van der Waals surface area contributed by atoms with Gasteiger partial charge in [-0.2, -0.15) is 0 Å². The van der Waals surface area contributed by atoms with E-state index < -0.39 is 0 Å². The second-order valence-electron chi connectivity index (χ2n) is 3.99. The molecule has 2 atom stereocenters. The van der Waals surface area contributed by atoms with Crippen LogP contribution in [0.3, 0.4) is 0 Å². The van der Waals surface area contributed by atoms with E-state index in [1.165, 1.54) is 4.70 Å². The summed E-state index contributed by atoms with van der Waals surface area (Å²) in [5.74, 6) is 0. The van der Waals surface area contributed by atoms with Gasteiger partial charge in [-0.15, -0.1) is 11.3 Å². The van der Waals surface area contributed by atoms with Gasteiger partial charge >= 0.3 is 0 Å². The van der Waals surface area contributed by atoms with Crippen molar-refractivity contribution in [2.24, 2.45) is 0 Å². The first kappa shape index (κ1) is 11.5. The third-order valence-electron chi connectivity index (χ3n) is 2.49. The van der Waals surface area contributed by atoms with Gasteiger partial charge in [-0.25, -0.2) is 4.98 Å². The average molecular weight is 236 g/mol. The molecule has 3 nitrogen and oxygen atoms in total. The lowest BCUT2D eigenvalue weighted by atomic mass is 10.3. The molecule has 1 aromatic heterocycles. The highest BCUT2D eigenvalue weighted by atomic mass is 32.1. The Bertz CT molecular complexity index is 436. The summed E-state index contributed by atoms with van der Waals surface area (Å²) in [5, 5.41) is 13.4. The van der Waals surface area contributed by atoms with E-state index in [1.54, 1.807) is 11.3 Å². The Labute approximate surface area is 99.1 Å². The molecule has 0 saturated carbocycles. The van der Waals surface area contributed by atoms with Crippen LogP contribution in [0.2, 0.25) is 0 Å². The summed E-state index contributed by atoms with van der Waals surface area (Å²) in [6, 6.07) is 8.41. The van der Waals surface area contributed by atoms with Crippen molar-refractivity contribution in [3.8, 4) is 0 Å². The molecular weight excluding hydrogens is 220 g/mol. The summed E-state index contributed by atoms with van der Waals surface area (Å²) in [7, 11) is 0. The van der Waals surface area contributed by atoms with Crippen LogP contribution >= 0.6 is 11.3 Å². The molecule has 1 aromatic carbocycles. The number of nitrogens with one attached hydrogen (secondary N) is 1. The molecule has 0 spiro atoms. The van der Waals surface area contributed by atoms with Crippen LogP contribution in [0.15, 0.2) is 24.3 Å². The van der Waals surface area contributed by atoms with Gasteiger partial charge in [0.15, 0.2) is 0 Å². The van der Waals surface area contributed by atoms with Crippen molar-refractivity contribution >= 4 is 21.6 Å². The summed E-state index contributed by atoms with van der Waals surface area (Å²) >= 11 is 1.70. The number of para-hydroxylation sites is 1. The van der Waals surface area contributed by atoms with E-state index in [1.807, 2.05) is 25.1 Å². The first-order valence-corrected chi connectivity index (χ1v) is 6.24. The quantitative estimate of drug-likeness (QED) is 0.856. The summed E-state index contributed by atoms with van der Waals surface area (Å²) in [4.78, 5) is 4.57. The van der Waals surface area contributed by atoms with Crippen LogP contribution in [0.4, 0.5) is 0 Å². The maximum atomic E-state index is 8.99. The lowest BCUT2D eigenvalue weighted by Gasteiger charge is -2.15. The molecule has 0 fully saturated rings. The topological polar surface area (TPSA) is 45.1 Å². The Morgan fingerprint density at radius 2 is 2.12 bits per heavy atom. The first-order valence-electron chi connectivity index (χ1n) is 5.43. The third kappa shape index (κ3) is 2.40. The summed E-state index contributed by atoms with van der Waals surface area (Å²) in [5.41, 5.74) is 1.05. The van der Waals surface area contributed by atoms with Crippen LogP contribution in [0.25, 0.3) is 10.2 Å². The largest absolute Gasteiger partial charge is 0.395 e. The standard InChI is InChI=1S/C12H16N2OS/c1-8(7-15)13-9(2)12-14-10-5-3-4-6-11(10)16-12/h3-6,8-9,13,15H,7H2,1-2H3/t8-,9?/m1/s1. The van der Waals surface area contributed by atoms with Crippen molar-refractivity contribution in [1.82, 2.24) is 10.3 Å². The predicted molar refractivity (Wildman–Crippen MR) is 67.7 cm³/mol. The van der Waals surface area contributed by atoms with Gasteiger partial charge in [0.1, 0.15) is 5.01 Å². The SMILES string of the molecule is CC(N[C@H](C)CO)c1nc2ccccc2s1. The highest BCUT2D eigenvalue weighted by Gasteiger charge is 2.12. The second kappa shape index (κ2) is 4.91. The maximum absolute atomic E-state index is 8.99. The van der Waals surface area contributed by atoms with Gasteiger partial charge in [0.25, 0.3) is 0 Å². The van der Waals surface area contributed by atoms with Gasteiger partial charge < -0.3 is 10.4 Å². The number of aliphatic hydroxyl groups excluding tert-OH is 1. The van der Waals surface area contributed by atoms with E-state index >= 15 is 0 Å². The average Bonchev–Trinajstić information content (AvgIpc) is 2.72. The molecule has 2 rings (SSSR count). The maximum Gasteiger partial charge on any atom is 0.111 e. The Morgan fingerprint density at radius 3 is 2.81 bits per heavy atom. The summed E-state index contributed by atoms with van der Waals surface area (Å²) in [6.45, 7) is 4.18. The van der Waals surface area contributed by atoms with E-state index in [0.717, 1.165) is 10.5 Å². The van der Waals surface area contributed by atoms with E-state index in [9.17, 15) is 0 Å². The van der Waals surface area contributed by atoms with Crippen molar-refractivity contribution in [3.63, 3.8) is 0 Å². The number of nitrogens with zero attached hydrogens (tertiary/aromatic N) is 1. The van der Waals surface area contributed by atoms with Gasteiger partial charge in [0, 0.05) is 6.04 Å². The molecular formula is C12H16N2OS. The Kier molecular flexibility index (Phi) is 3.53. The van der Waals surface area contributed by atoms with Crippen LogP contribution in [-0.2, 0) is 0 Å². The summed E-state index contributed by atoms with van der Waals surface area (Å²) < 4.78 is 1.21. The van der Waals surface area contributed by atoms with Crippen LogP contribution in [0.1, 0.15) is 24.9 Å². The Morgan fingerprint density at radius 1 is 1.38 bits per heavy atom. The highest BCUT2D eigenvalue weighted by Crippen LogP contribution is 2.26. The van der Waals surface area contributed by atoms with Crippen molar-refractivity contribution in [2.75, 3.05) is 6.61 Å². The van der Waals surface area contributed by atoms with Crippen molar-refractivity contribution in [1.29, 1.82) is 0 Å². The van der Waals surface area contributed by atoms with Gasteiger partial charge in [0.2, 0.25) is 0 Å². The van der Waals surface area contributed by atoms with Crippen LogP contribution in [0, 0.1) is 0 Å². The monoisotopic (exact) mass is 236 g/mol. The van der Waals surface area contributed by atoms with E-state index in [4.69, 9.17) is 5.11 Å². The molecule has 2 aromatic rings. The fourth-order valence-corrected chi connectivity index (χ4v) is 2.61. The minimum absolute atomic E-state index is 0.0991. The number of aliphatic hydroxyl groups is 1. The predicted octanol–water partition coefficient (Wildman–Crippen LogP) is 2.33. The molecule has 0 aliphatic rings. The third-order valence-corrected chi connectivity index (χ3v) is 3.71. The number of hydrogen-bond donors (Lipinski definition) is 2. The molecule has 0 bridgehead atoms. The lowest BCUT2D eigenvalue weighted by molar-refractivity contribution is 0.243. The highest BCUT2D eigenvalue weighted by molar-refractivity contribution is 7.18.